The molecule has 3 aromatic rings. The van der Waals surface area contributed by atoms with Crippen LogP contribution in [0.1, 0.15) is 102 Å². The summed E-state index contributed by atoms with van der Waals surface area (Å²) < 4.78 is 24.4. The third-order valence-corrected chi connectivity index (χ3v) is 8.76. The van der Waals surface area contributed by atoms with Crippen LogP contribution in [0.2, 0.25) is 0 Å². The van der Waals surface area contributed by atoms with Crippen molar-refractivity contribution >= 4 is 42.0 Å². The number of aliphatic carboxylic acids is 2. The third kappa shape index (κ3) is 12.1. The van der Waals surface area contributed by atoms with E-state index in [4.69, 9.17) is 19.1 Å². The molecule has 17 heteroatoms. The predicted molar refractivity (Wildman–Crippen MR) is 198 cm³/mol. The summed E-state index contributed by atoms with van der Waals surface area (Å²) in [4.78, 5) is 92.6. The van der Waals surface area contributed by atoms with Crippen LogP contribution in [-0.2, 0) is 30.7 Å². The molecule has 4 amide bonds. The smallest absolute Gasteiger partial charge is 0.363 e. The van der Waals surface area contributed by atoms with Crippen LogP contribution in [0, 0.1) is 12.8 Å². The highest BCUT2D eigenvalue weighted by Gasteiger charge is 2.34. The number of carboxylic acid groups (broad SMARTS) is 2. The number of amides is 4. The number of rotatable bonds is 23. The summed E-state index contributed by atoms with van der Waals surface area (Å²) >= 11 is 0. The van der Waals surface area contributed by atoms with Gasteiger partial charge in [0, 0.05) is 5.56 Å². The molecule has 5 N–H and O–H groups in total. The first-order valence-electron chi connectivity index (χ1n) is 18.1. The van der Waals surface area contributed by atoms with Gasteiger partial charge in [0.25, 0.3) is 11.8 Å². The molecule has 0 bridgehead atoms. The van der Waals surface area contributed by atoms with Gasteiger partial charge in [-0.2, -0.15) is 5.06 Å². The van der Waals surface area contributed by atoms with Gasteiger partial charge in [-0.25, -0.2) is 14.0 Å². The Morgan fingerprint density at radius 2 is 1.66 bits per heavy atom. The number of carbonyl (C=O) groups excluding carboxylic acids is 5. The van der Waals surface area contributed by atoms with Gasteiger partial charge in [0.1, 0.15) is 24.2 Å². The molecule has 0 unspecified atom stereocenters. The van der Waals surface area contributed by atoms with Gasteiger partial charge in [-0.1, -0.05) is 51.3 Å². The van der Waals surface area contributed by atoms with Crippen LogP contribution in [-0.4, -0.2) is 82.7 Å². The van der Waals surface area contributed by atoms with E-state index in [2.05, 4.69) is 16.0 Å². The molecule has 56 heavy (non-hydrogen) atoms. The number of unbranched alkanes of at least 4 members (excludes halogenated alkanes) is 2. The van der Waals surface area contributed by atoms with Gasteiger partial charge in [0.2, 0.25) is 12.3 Å². The molecule has 3 rings (SSSR count). The Hall–Kier alpha value is -6.26. The first kappa shape index (κ1) is 44.1. The molecule has 0 spiro atoms. The van der Waals surface area contributed by atoms with Crippen LogP contribution < -0.4 is 20.7 Å². The van der Waals surface area contributed by atoms with Crippen LogP contribution in [0.15, 0.2) is 52.9 Å². The number of hydrogen-bond donors (Lipinski definition) is 5. The number of alkyl halides is 1. The van der Waals surface area contributed by atoms with Gasteiger partial charge < -0.3 is 40.2 Å². The lowest BCUT2D eigenvalue weighted by Gasteiger charge is -2.32. The molecule has 1 heterocycles. The number of hydroxylamine groups is 2. The van der Waals surface area contributed by atoms with Crippen molar-refractivity contribution in [3.8, 4) is 17.1 Å². The van der Waals surface area contributed by atoms with E-state index in [1.807, 2.05) is 6.92 Å². The second kappa shape index (κ2) is 21.6. The molecular formula is C39H47FN4O12. The minimum absolute atomic E-state index is 0.0521. The Balaban J connectivity index is 1.70. The van der Waals surface area contributed by atoms with Crippen molar-refractivity contribution in [3.05, 3.63) is 76.5 Å². The lowest BCUT2D eigenvalue weighted by Crippen LogP contribution is -2.49. The fourth-order valence-electron chi connectivity index (χ4n) is 5.90. The SMILES string of the molecule is CCCCC[C@@H](C(=O)NCNC(=O)c1ccc(-c2ccc(C(=O)N[C@@H](CC(=O)O)C(=O)O)c(OCC)c2)o1)[C@@H](CC)N(C=O)OC(=O)c1ccc(CF)cc1C. The molecule has 0 aliphatic rings. The number of halogens is 1. The van der Waals surface area contributed by atoms with Gasteiger partial charge in [-0.05, 0) is 68.1 Å². The molecule has 0 saturated heterocycles. The third-order valence-electron chi connectivity index (χ3n) is 8.76. The van der Waals surface area contributed by atoms with Crippen molar-refractivity contribution in [3.63, 3.8) is 0 Å². The maximum Gasteiger partial charge on any atom is 0.363 e. The number of benzene rings is 2. The van der Waals surface area contributed by atoms with Crippen molar-refractivity contribution in [1.82, 2.24) is 21.0 Å². The fraction of sp³-hybridized carbons (Fsp3) is 0.410. The standard InChI is InChI=1S/C39H47FN4O12/c1-5-8-9-10-27(30(6-2)44(22-45)56-39(53)26-13-11-24(20-40)17-23(26)4)35(48)41-21-42-37(50)32-16-15-31(55-32)25-12-14-28(33(18-25)54-7-3)36(49)43-29(38(51)52)19-34(46)47/h11-18,22,27,29-30H,5-10,19-21H2,1-4H3,(H,41,48)(H,42,50)(H,43,49)(H,46,47)(H,51,52)/t27-,29+,30-/m1/s1. The van der Waals surface area contributed by atoms with Crippen molar-refractivity contribution in [2.45, 2.75) is 85.0 Å². The Bertz CT molecular complexity index is 1880. The summed E-state index contributed by atoms with van der Waals surface area (Å²) in [5, 5.41) is 26.5. The minimum atomic E-state index is -1.68. The van der Waals surface area contributed by atoms with Crippen molar-refractivity contribution in [2.75, 3.05) is 13.3 Å². The quantitative estimate of drug-likeness (QED) is 0.0378. The first-order valence-corrected chi connectivity index (χ1v) is 18.1. The van der Waals surface area contributed by atoms with Gasteiger partial charge in [-0.15, -0.1) is 0 Å². The van der Waals surface area contributed by atoms with Crippen LogP contribution in [0.5, 0.6) is 5.75 Å². The lowest BCUT2D eigenvalue weighted by molar-refractivity contribution is -0.171. The molecule has 1 aromatic heterocycles. The second-order valence-corrected chi connectivity index (χ2v) is 12.7. The Morgan fingerprint density at radius 3 is 2.27 bits per heavy atom. The number of hydrogen-bond acceptors (Lipinski definition) is 10. The zero-order chi connectivity index (χ0) is 41.4. The van der Waals surface area contributed by atoms with E-state index < -0.39 is 66.7 Å². The molecular weight excluding hydrogens is 735 g/mol. The van der Waals surface area contributed by atoms with E-state index in [1.165, 1.54) is 48.5 Å². The first-order chi connectivity index (χ1) is 26.8. The van der Waals surface area contributed by atoms with E-state index in [0.717, 1.165) is 17.9 Å². The van der Waals surface area contributed by atoms with E-state index >= 15 is 0 Å². The molecule has 0 saturated carbocycles. The molecule has 16 nitrogen and oxygen atoms in total. The number of nitrogens with zero attached hydrogens (tertiary/aromatic N) is 1. The van der Waals surface area contributed by atoms with E-state index in [0.29, 0.717) is 35.9 Å². The fourth-order valence-corrected chi connectivity index (χ4v) is 5.90. The number of carbonyl (C=O) groups is 7. The molecule has 3 atom stereocenters. The molecule has 302 valence electrons. The van der Waals surface area contributed by atoms with Crippen LogP contribution in [0.3, 0.4) is 0 Å². The predicted octanol–water partition coefficient (Wildman–Crippen LogP) is 4.79. The van der Waals surface area contributed by atoms with Gasteiger partial charge in [-0.3, -0.25) is 24.0 Å². The summed E-state index contributed by atoms with van der Waals surface area (Å²) in [7, 11) is 0. The number of aryl methyl sites for hydroxylation is 1. The maximum atomic E-state index is 13.5. The summed E-state index contributed by atoms with van der Waals surface area (Å²) in [5.41, 5.74) is 1.32. The van der Waals surface area contributed by atoms with Crippen molar-refractivity contribution in [1.29, 1.82) is 0 Å². The minimum Gasteiger partial charge on any atom is -0.493 e. The topological polar surface area (TPSA) is 231 Å². The average molecular weight is 783 g/mol. The Kier molecular flexibility index (Phi) is 17.0. The molecule has 0 fully saturated rings. The second-order valence-electron chi connectivity index (χ2n) is 12.7. The van der Waals surface area contributed by atoms with Crippen molar-refractivity contribution in [2.24, 2.45) is 5.92 Å². The summed E-state index contributed by atoms with van der Waals surface area (Å²) in [5.74, 6) is -6.49. The summed E-state index contributed by atoms with van der Waals surface area (Å²) in [6, 6.07) is 8.98. The van der Waals surface area contributed by atoms with Gasteiger partial charge >= 0.3 is 17.9 Å². The number of ether oxygens (including phenoxy) is 1. The van der Waals surface area contributed by atoms with E-state index in [9.17, 15) is 43.1 Å². The highest BCUT2D eigenvalue weighted by atomic mass is 19.1. The lowest BCUT2D eigenvalue weighted by atomic mass is 9.90. The van der Waals surface area contributed by atoms with Gasteiger partial charge in [0.05, 0.1) is 42.8 Å². The van der Waals surface area contributed by atoms with E-state index in [-0.39, 0.29) is 48.1 Å². The average Bonchev–Trinajstić information content (AvgIpc) is 3.67. The molecule has 0 radical (unpaired) electrons. The van der Waals surface area contributed by atoms with Crippen LogP contribution in [0.25, 0.3) is 11.3 Å². The highest BCUT2D eigenvalue weighted by Crippen LogP contribution is 2.29. The number of furan rings is 1. The van der Waals surface area contributed by atoms with Crippen LogP contribution in [0.4, 0.5) is 4.39 Å². The zero-order valence-corrected chi connectivity index (χ0v) is 31.6. The normalized spacial score (nSPS) is 12.4. The Labute approximate surface area is 322 Å². The molecule has 0 aliphatic heterocycles. The van der Waals surface area contributed by atoms with Crippen molar-refractivity contribution < 1.29 is 62.2 Å². The highest BCUT2D eigenvalue weighted by molar-refractivity contribution is 6.00. The summed E-state index contributed by atoms with van der Waals surface area (Å²) in [6.45, 7) is 6.12. The maximum absolute atomic E-state index is 13.5. The Morgan fingerprint density at radius 1 is 0.929 bits per heavy atom. The largest absolute Gasteiger partial charge is 0.493 e. The molecule has 0 aliphatic carbocycles. The van der Waals surface area contributed by atoms with E-state index in [1.54, 1.807) is 20.8 Å². The van der Waals surface area contributed by atoms with Gasteiger partial charge in [0.15, 0.2) is 5.76 Å². The monoisotopic (exact) mass is 782 g/mol. The van der Waals surface area contributed by atoms with Crippen LogP contribution >= 0.6 is 0 Å². The summed E-state index contributed by atoms with van der Waals surface area (Å²) in [6.07, 6.45) is 2.42. The zero-order valence-electron chi connectivity index (χ0n) is 31.6. The molecule has 2 aromatic carbocycles. The number of carboxylic acids is 2. The number of nitrogens with one attached hydrogen (secondary N) is 3.